The Kier molecular flexibility index (Phi) is 6.67. The molecule has 1 saturated heterocycles. The number of hydrogen-bond acceptors (Lipinski definition) is 5. The predicted octanol–water partition coefficient (Wildman–Crippen LogP) is 4.35. The van der Waals surface area contributed by atoms with Crippen molar-refractivity contribution in [2.75, 3.05) is 31.6 Å². The molecule has 4 aromatic rings. The highest BCUT2D eigenvalue weighted by Crippen LogP contribution is 2.40. The van der Waals surface area contributed by atoms with Gasteiger partial charge in [0.15, 0.2) is 11.6 Å². The molecule has 1 aliphatic rings. The number of anilines is 1. The Morgan fingerprint density at radius 3 is 2.57 bits per heavy atom. The number of hydrogen-bond donors (Lipinski definition) is 2. The topological polar surface area (TPSA) is 97.8 Å². The summed E-state index contributed by atoms with van der Waals surface area (Å²) in [6.45, 7) is 1.94. The fraction of sp³-hybridized carbons (Fsp3) is 0.241. The molecule has 7 nitrogen and oxygen atoms in total. The number of rotatable bonds is 7. The third-order valence-electron chi connectivity index (χ3n) is 7.00. The van der Waals surface area contributed by atoms with Crippen molar-refractivity contribution in [3.63, 3.8) is 0 Å². The number of ether oxygens (including phenoxy) is 1. The van der Waals surface area contributed by atoms with E-state index in [0.717, 1.165) is 29.2 Å². The van der Waals surface area contributed by atoms with Crippen LogP contribution in [-0.4, -0.2) is 42.4 Å². The lowest BCUT2D eigenvalue weighted by Crippen LogP contribution is -2.25. The second-order valence-corrected chi connectivity index (χ2v) is 9.34. The Bertz CT molecular complexity index is 1530. The Morgan fingerprint density at radius 1 is 1.14 bits per heavy atom. The van der Waals surface area contributed by atoms with E-state index in [1.165, 1.54) is 13.3 Å². The van der Waals surface area contributed by atoms with Gasteiger partial charge >= 0.3 is 5.97 Å². The standard InChI is InChI=1S/C29H28FN3O4/c1-37-28-25-22(13-24(30)26(28)32-11-10-19(14-31)16-32)27(34)23(29(35)36)17-33(25)15-18-6-5-9-21(12-18)20-7-3-2-4-8-20/h2-9,12-13,17,19H,10-11,14-16,31H2,1H3,(H,35,36)/t19-/m0/s1. The van der Waals surface area contributed by atoms with Gasteiger partial charge in [0.05, 0.1) is 18.0 Å². The van der Waals surface area contributed by atoms with Crippen LogP contribution in [0, 0.1) is 11.7 Å². The Morgan fingerprint density at radius 2 is 1.89 bits per heavy atom. The number of pyridine rings is 1. The van der Waals surface area contributed by atoms with Gasteiger partial charge in [-0.25, -0.2) is 9.18 Å². The van der Waals surface area contributed by atoms with E-state index in [4.69, 9.17) is 10.5 Å². The minimum absolute atomic E-state index is 0.0354. The summed E-state index contributed by atoms with van der Waals surface area (Å²) in [5.41, 5.74) is 8.24. The van der Waals surface area contributed by atoms with E-state index < -0.39 is 22.8 Å². The van der Waals surface area contributed by atoms with Crippen LogP contribution in [0.4, 0.5) is 10.1 Å². The largest absolute Gasteiger partial charge is 0.492 e. The van der Waals surface area contributed by atoms with Crippen LogP contribution in [0.15, 0.2) is 71.7 Å². The molecule has 0 bridgehead atoms. The number of carboxylic acid groups (broad SMARTS) is 1. The minimum Gasteiger partial charge on any atom is -0.492 e. The summed E-state index contributed by atoms with van der Waals surface area (Å²) in [7, 11) is 1.43. The van der Waals surface area contributed by atoms with E-state index >= 15 is 4.39 Å². The van der Waals surface area contributed by atoms with Crippen molar-refractivity contribution in [1.82, 2.24) is 4.57 Å². The number of methoxy groups -OCH3 is 1. The molecule has 1 atom stereocenters. The highest BCUT2D eigenvalue weighted by atomic mass is 19.1. The number of aromatic carboxylic acids is 1. The van der Waals surface area contributed by atoms with Crippen molar-refractivity contribution >= 4 is 22.6 Å². The lowest BCUT2D eigenvalue weighted by molar-refractivity contribution is 0.0695. The number of aromatic nitrogens is 1. The maximum absolute atomic E-state index is 15.5. The SMILES string of the molecule is COc1c(N2CC[C@@H](CN)C2)c(F)cc2c(=O)c(C(=O)O)cn(Cc3cccc(-c4ccccc4)c3)c12. The minimum atomic E-state index is -1.37. The summed E-state index contributed by atoms with van der Waals surface area (Å²) < 4.78 is 22.9. The normalized spacial score (nSPS) is 15.3. The molecule has 0 radical (unpaired) electrons. The van der Waals surface area contributed by atoms with E-state index in [9.17, 15) is 14.7 Å². The average Bonchev–Trinajstić information content (AvgIpc) is 3.39. The third kappa shape index (κ3) is 4.56. The van der Waals surface area contributed by atoms with Crippen LogP contribution in [-0.2, 0) is 6.54 Å². The molecule has 0 spiro atoms. The van der Waals surface area contributed by atoms with Gasteiger partial charge < -0.3 is 25.0 Å². The first-order chi connectivity index (χ1) is 17.9. The molecule has 0 saturated carbocycles. The molecule has 190 valence electrons. The monoisotopic (exact) mass is 501 g/mol. The van der Waals surface area contributed by atoms with Crippen LogP contribution < -0.4 is 20.8 Å². The summed E-state index contributed by atoms with van der Waals surface area (Å²) in [5, 5.41) is 9.69. The first-order valence-corrected chi connectivity index (χ1v) is 12.2. The van der Waals surface area contributed by atoms with Crippen LogP contribution in [0.25, 0.3) is 22.0 Å². The van der Waals surface area contributed by atoms with Crippen LogP contribution >= 0.6 is 0 Å². The van der Waals surface area contributed by atoms with Crippen molar-refractivity contribution in [2.45, 2.75) is 13.0 Å². The van der Waals surface area contributed by atoms with Gasteiger partial charge in [0.25, 0.3) is 0 Å². The average molecular weight is 502 g/mol. The molecular formula is C29H28FN3O4. The number of halogens is 1. The number of fused-ring (bicyclic) bond motifs is 1. The summed E-state index contributed by atoms with van der Waals surface area (Å²) >= 11 is 0. The molecule has 8 heteroatoms. The van der Waals surface area contributed by atoms with Crippen LogP contribution in [0.3, 0.4) is 0 Å². The van der Waals surface area contributed by atoms with E-state index in [1.54, 1.807) is 4.57 Å². The maximum Gasteiger partial charge on any atom is 0.341 e. The summed E-state index contributed by atoms with van der Waals surface area (Å²) in [4.78, 5) is 26.9. The Balaban J connectivity index is 1.70. The third-order valence-corrected chi connectivity index (χ3v) is 7.00. The van der Waals surface area contributed by atoms with Crippen molar-refractivity contribution < 1.29 is 19.0 Å². The van der Waals surface area contributed by atoms with Gasteiger partial charge in [-0.15, -0.1) is 0 Å². The molecule has 0 amide bonds. The maximum atomic E-state index is 15.5. The van der Waals surface area contributed by atoms with Crippen molar-refractivity contribution in [1.29, 1.82) is 0 Å². The van der Waals surface area contributed by atoms with Crippen molar-refractivity contribution in [3.05, 3.63) is 94.0 Å². The van der Waals surface area contributed by atoms with E-state index in [1.807, 2.05) is 59.5 Å². The molecule has 3 aromatic carbocycles. The fourth-order valence-electron chi connectivity index (χ4n) is 5.16. The number of carbonyl (C=O) groups is 1. The highest BCUT2D eigenvalue weighted by Gasteiger charge is 2.30. The smallest absolute Gasteiger partial charge is 0.341 e. The zero-order valence-electron chi connectivity index (χ0n) is 20.5. The number of nitrogens with zero attached hydrogens (tertiary/aromatic N) is 2. The van der Waals surface area contributed by atoms with Gasteiger partial charge in [0.2, 0.25) is 5.43 Å². The molecule has 0 aliphatic carbocycles. The van der Waals surface area contributed by atoms with Crippen molar-refractivity contribution in [2.24, 2.45) is 11.7 Å². The zero-order valence-corrected chi connectivity index (χ0v) is 20.5. The Hall–Kier alpha value is -4.17. The van der Waals surface area contributed by atoms with E-state index in [0.29, 0.717) is 25.2 Å². The first kappa shape index (κ1) is 24.5. The number of benzene rings is 3. The number of nitrogens with two attached hydrogens (primary N) is 1. The molecule has 0 unspecified atom stereocenters. The quantitative estimate of drug-likeness (QED) is 0.391. The Labute approximate surface area is 213 Å². The second kappa shape index (κ2) is 10.1. The lowest BCUT2D eigenvalue weighted by atomic mass is 10.0. The van der Waals surface area contributed by atoms with Crippen LogP contribution in [0.5, 0.6) is 5.75 Å². The van der Waals surface area contributed by atoms with Gasteiger partial charge in [0.1, 0.15) is 11.3 Å². The number of carboxylic acids is 1. The molecule has 37 heavy (non-hydrogen) atoms. The van der Waals surface area contributed by atoms with Gasteiger partial charge in [-0.3, -0.25) is 4.79 Å². The van der Waals surface area contributed by atoms with Crippen molar-refractivity contribution in [3.8, 4) is 16.9 Å². The summed E-state index contributed by atoms with van der Waals surface area (Å²) in [6, 6.07) is 18.9. The van der Waals surface area contributed by atoms with E-state index in [-0.39, 0.29) is 29.3 Å². The molecule has 3 N–H and O–H groups in total. The van der Waals surface area contributed by atoms with Gasteiger partial charge in [-0.2, -0.15) is 0 Å². The molecule has 1 aliphatic heterocycles. The van der Waals surface area contributed by atoms with E-state index in [2.05, 4.69) is 0 Å². The molecular weight excluding hydrogens is 473 g/mol. The summed E-state index contributed by atoms with van der Waals surface area (Å²) in [5.74, 6) is -1.55. The fourth-order valence-corrected chi connectivity index (χ4v) is 5.16. The van der Waals surface area contributed by atoms with Gasteiger partial charge in [-0.05, 0) is 47.7 Å². The van der Waals surface area contributed by atoms with Gasteiger partial charge in [0, 0.05) is 25.8 Å². The molecule has 2 heterocycles. The molecule has 5 rings (SSSR count). The summed E-state index contributed by atoms with van der Waals surface area (Å²) in [6.07, 6.45) is 2.15. The predicted molar refractivity (Wildman–Crippen MR) is 142 cm³/mol. The highest BCUT2D eigenvalue weighted by molar-refractivity contribution is 5.97. The first-order valence-electron chi connectivity index (χ1n) is 12.2. The second-order valence-electron chi connectivity index (χ2n) is 9.34. The molecule has 1 aromatic heterocycles. The van der Waals surface area contributed by atoms with Crippen LogP contribution in [0.1, 0.15) is 22.3 Å². The lowest BCUT2D eigenvalue weighted by Gasteiger charge is -2.25. The van der Waals surface area contributed by atoms with Gasteiger partial charge in [-0.1, -0.05) is 48.5 Å². The van der Waals surface area contributed by atoms with Crippen LogP contribution in [0.2, 0.25) is 0 Å². The molecule has 1 fully saturated rings. The zero-order chi connectivity index (χ0) is 26.1.